The molecule has 0 saturated heterocycles. The Bertz CT molecular complexity index is 530. The maximum absolute atomic E-state index is 12.3. The third-order valence-corrected chi connectivity index (χ3v) is 3.83. The molecule has 21 heavy (non-hydrogen) atoms. The minimum absolute atomic E-state index is 0.0116. The molecule has 114 valence electrons. The number of hydrogen-bond donors (Lipinski definition) is 2. The quantitative estimate of drug-likeness (QED) is 0.865. The SMILES string of the molecule is C[C@H](NC(=O)N(CCO)C1CC1)c1ccc2c(c1)OCO2. The zero-order valence-electron chi connectivity index (χ0n) is 12.0. The Hall–Kier alpha value is -1.95. The second-order valence-corrected chi connectivity index (χ2v) is 5.43. The Morgan fingerprint density at radius 3 is 2.90 bits per heavy atom. The van der Waals surface area contributed by atoms with Gasteiger partial charge in [-0.1, -0.05) is 6.07 Å². The van der Waals surface area contributed by atoms with Crippen molar-refractivity contribution in [2.75, 3.05) is 19.9 Å². The van der Waals surface area contributed by atoms with E-state index >= 15 is 0 Å². The third-order valence-electron chi connectivity index (χ3n) is 3.83. The van der Waals surface area contributed by atoms with E-state index in [1.54, 1.807) is 4.90 Å². The molecule has 2 aliphatic rings. The van der Waals surface area contributed by atoms with Gasteiger partial charge in [-0.2, -0.15) is 0 Å². The van der Waals surface area contributed by atoms with E-state index in [1.807, 2.05) is 25.1 Å². The molecule has 1 aromatic carbocycles. The maximum atomic E-state index is 12.3. The minimum Gasteiger partial charge on any atom is -0.454 e. The molecule has 2 amide bonds. The van der Waals surface area contributed by atoms with Gasteiger partial charge in [-0.05, 0) is 37.5 Å². The number of nitrogens with one attached hydrogen (secondary N) is 1. The highest BCUT2D eigenvalue weighted by Gasteiger charge is 2.32. The van der Waals surface area contributed by atoms with Crippen molar-refractivity contribution in [1.29, 1.82) is 0 Å². The lowest BCUT2D eigenvalue weighted by Gasteiger charge is -2.24. The number of aliphatic hydroxyl groups is 1. The average Bonchev–Trinajstić information content (AvgIpc) is 3.20. The number of carbonyl (C=O) groups excluding carboxylic acids is 1. The number of aliphatic hydroxyl groups excluding tert-OH is 1. The smallest absolute Gasteiger partial charge is 0.318 e. The number of fused-ring (bicyclic) bond motifs is 1. The monoisotopic (exact) mass is 292 g/mol. The molecule has 1 atom stereocenters. The van der Waals surface area contributed by atoms with E-state index in [0.717, 1.165) is 24.2 Å². The van der Waals surface area contributed by atoms with Gasteiger partial charge in [0.05, 0.1) is 12.6 Å². The van der Waals surface area contributed by atoms with Crippen LogP contribution in [-0.4, -0.2) is 42.0 Å². The van der Waals surface area contributed by atoms with Gasteiger partial charge >= 0.3 is 6.03 Å². The summed E-state index contributed by atoms with van der Waals surface area (Å²) in [5.41, 5.74) is 0.965. The van der Waals surface area contributed by atoms with Gasteiger partial charge in [-0.15, -0.1) is 0 Å². The summed E-state index contributed by atoms with van der Waals surface area (Å²) in [6, 6.07) is 5.68. The summed E-state index contributed by atoms with van der Waals surface area (Å²) in [6.45, 7) is 2.54. The number of benzene rings is 1. The summed E-state index contributed by atoms with van der Waals surface area (Å²) in [5.74, 6) is 1.44. The lowest BCUT2D eigenvalue weighted by molar-refractivity contribution is 0.171. The summed E-state index contributed by atoms with van der Waals surface area (Å²) in [7, 11) is 0. The van der Waals surface area contributed by atoms with Crippen molar-refractivity contribution < 1.29 is 19.4 Å². The molecule has 2 N–H and O–H groups in total. The fraction of sp³-hybridized carbons (Fsp3) is 0.533. The normalized spacial score (nSPS) is 17.4. The third kappa shape index (κ3) is 3.05. The summed E-state index contributed by atoms with van der Waals surface area (Å²) < 4.78 is 10.6. The van der Waals surface area contributed by atoms with Crippen LogP contribution >= 0.6 is 0 Å². The molecule has 6 nitrogen and oxygen atoms in total. The maximum Gasteiger partial charge on any atom is 0.318 e. The predicted molar refractivity (Wildman–Crippen MR) is 76.3 cm³/mol. The molecule has 1 aliphatic heterocycles. The highest BCUT2D eigenvalue weighted by molar-refractivity contribution is 5.75. The molecule has 6 heteroatoms. The minimum atomic E-state index is -0.132. The lowest BCUT2D eigenvalue weighted by atomic mass is 10.1. The highest BCUT2D eigenvalue weighted by atomic mass is 16.7. The van der Waals surface area contributed by atoms with Crippen LogP contribution in [0.15, 0.2) is 18.2 Å². The first-order valence-corrected chi connectivity index (χ1v) is 7.26. The largest absolute Gasteiger partial charge is 0.454 e. The van der Waals surface area contributed by atoms with Crippen LogP contribution in [-0.2, 0) is 0 Å². The molecule has 0 spiro atoms. The Morgan fingerprint density at radius 1 is 1.43 bits per heavy atom. The van der Waals surface area contributed by atoms with E-state index in [1.165, 1.54) is 0 Å². The van der Waals surface area contributed by atoms with Gasteiger partial charge in [0, 0.05) is 12.6 Å². The number of rotatable bonds is 5. The van der Waals surface area contributed by atoms with Crippen molar-refractivity contribution in [2.45, 2.75) is 31.8 Å². The highest BCUT2D eigenvalue weighted by Crippen LogP contribution is 2.34. The van der Waals surface area contributed by atoms with Crippen LogP contribution < -0.4 is 14.8 Å². The molecule has 1 aromatic rings. The first-order valence-electron chi connectivity index (χ1n) is 7.26. The predicted octanol–water partition coefficient (Wildman–Crippen LogP) is 1.64. The topological polar surface area (TPSA) is 71.0 Å². The summed E-state index contributed by atoms with van der Waals surface area (Å²) in [5, 5.41) is 12.0. The van der Waals surface area contributed by atoms with Crippen LogP contribution in [0.3, 0.4) is 0 Å². The fourth-order valence-corrected chi connectivity index (χ4v) is 2.48. The van der Waals surface area contributed by atoms with Gasteiger partial charge in [-0.3, -0.25) is 0 Å². The van der Waals surface area contributed by atoms with Gasteiger partial charge in [0.15, 0.2) is 11.5 Å². The van der Waals surface area contributed by atoms with Crippen molar-refractivity contribution in [3.05, 3.63) is 23.8 Å². The fourth-order valence-electron chi connectivity index (χ4n) is 2.48. The molecule has 0 aromatic heterocycles. The van der Waals surface area contributed by atoms with Crippen LogP contribution in [0, 0.1) is 0 Å². The van der Waals surface area contributed by atoms with Crippen molar-refractivity contribution in [3.63, 3.8) is 0 Å². The lowest BCUT2D eigenvalue weighted by Crippen LogP contribution is -2.43. The summed E-state index contributed by atoms with van der Waals surface area (Å²) >= 11 is 0. The van der Waals surface area contributed by atoms with Gasteiger partial charge < -0.3 is 24.8 Å². The van der Waals surface area contributed by atoms with E-state index in [4.69, 9.17) is 14.6 Å². The Labute approximate surface area is 123 Å². The van der Waals surface area contributed by atoms with Crippen molar-refractivity contribution in [3.8, 4) is 11.5 Å². The van der Waals surface area contributed by atoms with Crippen molar-refractivity contribution >= 4 is 6.03 Å². The number of ether oxygens (including phenoxy) is 2. The molecular formula is C15H20N2O4. The second kappa shape index (κ2) is 5.81. The van der Waals surface area contributed by atoms with Crippen LogP contribution in [0.25, 0.3) is 0 Å². The molecular weight excluding hydrogens is 272 g/mol. The van der Waals surface area contributed by atoms with E-state index in [0.29, 0.717) is 12.3 Å². The Balaban J connectivity index is 1.65. The molecule has 1 fully saturated rings. The van der Waals surface area contributed by atoms with Crippen LogP contribution in [0.2, 0.25) is 0 Å². The number of nitrogens with zero attached hydrogens (tertiary/aromatic N) is 1. The first kappa shape index (κ1) is 14.0. The average molecular weight is 292 g/mol. The first-order chi connectivity index (χ1) is 10.2. The van der Waals surface area contributed by atoms with Crippen LogP contribution in [0.5, 0.6) is 11.5 Å². The Kier molecular flexibility index (Phi) is 3.88. The van der Waals surface area contributed by atoms with Crippen molar-refractivity contribution in [1.82, 2.24) is 10.2 Å². The van der Waals surface area contributed by atoms with Gasteiger partial charge in [0.2, 0.25) is 6.79 Å². The summed E-state index contributed by atoms with van der Waals surface area (Å²) in [4.78, 5) is 14.0. The van der Waals surface area contributed by atoms with Crippen LogP contribution in [0.1, 0.15) is 31.4 Å². The van der Waals surface area contributed by atoms with Gasteiger partial charge in [0.1, 0.15) is 0 Å². The molecule has 1 heterocycles. The molecule has 0 unspecified atom stereocenters. The van der Waals surface area contributed by atoms with Gasteiger partial charge in [-0.25, -0.2) is 4.79 Å². The number of carbonyl (C=O) groups is 1. The van der Waals surface area contributed by atoms with Crippen molar-refractivity contribution in [2.24, 2.45) is 0 Å². The number of amides is 2. The zero-order valence-corrected chi connectivity index (χ0v) is 12.0. The number of hydrogen-bond acceptors (Lipinski definition) is 4. The van der Waals surface area contributed by atoms with E-state index in [-0.39, 0.29) is 31.5 Å². The Morgan fingerprint density at radius 2 is 2.19 bits per heavy atom. The van der Waals surface area contributed by atoms with E-state index in [9.17, 15) is 4.79 Å². The standard InChI is InChI=1S/C15H20N2O4/c1-10(11-2-5-13-14(8-11)21-9-20-13)16-15(19)17(6-7-18)12-3-4-12/h2,5,8,10,12,18H,3-4,6-7,9H2,1H3,(H,16,19)/t10-/m0/s1. The molecule has 0 bridgehead atoms. The van der Waals surface area contributed by atoms with E-state index < -0.39 is 0 Å². The molecule has 3 rings (SSSR count). The number of urea groups is 1. The van der Waals surface area contributed by atoms with E-state index in [2.05, 4.69) is 5.32 Å². The summed E-state index contributed by atoms with van der Waals surface area (Å²) in [6.07, 6.45) is 2.04. The molecule has 1 saturated carbocycles. The molecule has 1 aliphatic carbocycles. The van der Waals surface area contributed by atoms with Gasteiger partial charge in [0.25, 0.3) is 0 Å². The van der Waals surface area contributed by atoms with Crippen LogP contribution in [0.4, 0.5) is 4.79 Å². The second-order valence-electron chi connectivity index (χ2n) is 5.43. The molecule has 0 radical (unpaired) electrons. The zero-order chi connectivity index (χ0) is 14.8.